The van der Waals surface area contributed by atoms with E-state index in [0.717, 1.165) is 10.5 Å². The third-order valence-corrected chi connectivity index (χ3v) is 4.57. The standard InChI is InChI=1S/C17H17Cl2NO2S/c1-11-4-3-5-15(19)16(11)22-9-8-20-17(21)13-10-12(23-2)6-7-14(13)18/h3-7,10H,8-9H2,1-2H3,(H,20,21). The van der Waals surface area contributed by atoms with Gasteiger partial charge >= 0.3 is 0 Å². The Balaban J connectivity index is 1.90. The van der Waals surface area contributed by atoms with Crippen molar-refractivity contribution in [2.24, 2.45) is 0 Å². The molecule has 122 valence electrons. The number of carbonyl (C=O) groups excluding carboxylic acids is 1. The predicted molar refractivity (Wildman–Crippen MR) is 97.3 cm³/mol. The molecule has 0 radical (unpaired) electrons. The summed E-state index contributed by atoms with van der Waals surface area (Å²) in [6.45, 7) is 2.62. The molecule has 0 fully saturated rings. The molecule has 0 unspecified atom stereocenters. The van der Waals surface area contributed by atoms with Gasteiger partial charge in [-0.15, -0.1) is 11.8 Å². The summed E-state index contributed by atoms with van der Waals surface area (Å²) >= 11 is 13.7. The van der Waals surface area contributed by atoms with Crippen LogP contribution >= 0.6 is 35.0 Å². The zero-order valence-electron chi connectivity index (χ0n) is 12.9. The van der Waals surface area contributed by atoms with Crippen molar-refractivity contribution in [3.8, 4) is 5.75 Å². The number of ether oxygens (including phenoxy) is 1. The Kier molecular flexibility index (Phi) is 6.63. The lowest BCUT2D eigenvalue weighted by atomic mass is 10.2. The predicted octanol–water partition coefficient (Wildman–Crippen LogP) is 4.83. The van der Waals surface area contributed by atoms with E-state index in [4.69, 9.17) is 27.9 Å². The molecule has 23 heavy (non-hydrogen) atoms. The number of nitrogens with one attached hydrogen (secondary N) is 1. The van der Waals surface area contributed by atoms with Gasteiger partial charge < -0.3 is 10.1 Å². The second-order valence-electron chi connectivity index (χ2n) is 4.84. The Morgan fingerprint density at radius 2 is 2.00 bits per heavy atom. The van der Waals surface area contributed by atoms with E-state index in [1.165, 1.54) is 0 Å². The van der Waals surface area contributed by atoms with Crippen LogP contribution in [0.2, 0.25) is 10.0 Å². The Labute approximate surface area is 150 Å². The molecule has 2 rings (SSSR count). The number of carbonyl (C=O) groups is 1. The Hall–Kier alpha value is -1.36. The third kappa shape index (κ3) is 4.80. The zero-order chi connectivity index (χ0) is 16.8. The van der Waals surface area contributed by atoms with Crippen LogP contribution in [0, 0.1) is 6.92 Å². The molecule has 0 saturated heterocycles. The van der Waals surface area contributed by atoms with Gasteiger partial charge in [0.1, 0.15) is 12.4 Å². The highest BCUT2D eigenvalue weighted by molar-refractivity contribution is 7.98. The van der Waals surface area contributed by atoms with Crippen molar-refractivity contribution in [1.29, 1.82) is 0 Å². The van der Waals surface area contributed by atoms with Crippen molar-refractivity contribution in [2.45, 2.75) is 11.8 Å². The minimum absolute atomic E-state index is 0.217. The topological polar surface area (TPSA) is 38.3 Å². The quantitative estimate of drug-likeness (QED) is 0.585. The molecule has 0 spiro atoms. The molecular weight excluding hydrogens is 353 g/mol. The Bertz CT molecular complexity index is 687. The van der Waals surface area contributed by atoms with E-state index in [2.05, 4.69) is 5.32 Å². The summed E-state index contributed by atoms with van der Waals surface area (Å²) in [5.74, 6) is 0.427. The molecular formula is C17H17Cl2NO2S. The molecule has 0 bridgehead atoms. The molecule has 2 aromatic rings. The first-order valence-corrected chi connectivity index (χ1v) is 9.00. The largest absolute Gasteiger partial charge is 0.490 e. The molecule has 0 aliphatic heterocycles. The number of thioether (sulfide) groups is 1. The molecule has 2 aromatic carbocycles. The van der Waals surface area contributed by atoms with Crippen LogP contribution in [0.25, 0.3) is 0 Å². The van der Waals surface area contributed by atoms with Crippen molar-refractivity contribution in [3.63, 3.8) is 0 Å². The van der Waals surface area contributed by atoms with Gasteiger partial charge in [-0.05, 0) is 43.0 Å². The van der Waals surface area contributed by atoms with Gasteiger partial charge in [0.05, 0.1) is 22.2 Å². The number of rotatable bonds is 6. The molecule has 0 aliphatic carbocycles. The Morgan fingerprint density at radius 1 is 1.22 bits per heavy atom. The van der Waals surface area contributed by atoms with Crippen LogP contribution in [0.15, 0.2) is 41.3 Å². The van der Waals surface area contributed by atoms with Crippen LogP contribution in [0.1, 0.15) is 15.9 Å². The summed E-state index contributed by atoms with van der Waals surface area (Å²) in [5, 5.41) is 3.80. The van der Waals surface area contributed by atoms with Crippen LogP contribution in [0.5, 0.6) is 5.75 Å². The fraction of sp³-hybridized carbons (Fsp3) is 0.235. The van der Waals surface area contributed by atoms with Gasteiger partial charge in [-0.3, -0.25) is 4.79 Å². The SMILES string of the molecule is CSc1ccc(Cl)c(C(=O)NCCOc2c(C)cccc2Cl)c1. The minimum Gasteiger partial charge on any atom is -0.490 e. The Morgan fingerprint density at radius 3 is 2.70 bits per heavy atom. The van der Waals surface area contributed by atoms with Gasteiger partial charge in [0.15, 0.2) is 0 Å². The summed E-state index contributed by atoms with van der Waals surface area (Å²) < 4.78 is 5.65. The lowest BCUT2D eigenvalue weighted by Crippen LogP contribution is -2.28. The van der Waals surface area contributed by atoms with E-state index in [9.17, 15) is 4.79 Å². The van der Waals surface area contributed by atoms with Crippen LogP contribution in [-0.4, -0.2) is 25.3 Å². The van der Waals surface area contributed by atoms with E-state index in [1.54, 1.807) is 30.0 Å². The number of hydrogen-bond donors (Lipinski definition) is 1. The van der Waals surface area contributed by atoms with Crippen LogP contribution in [0.3, 0.4) is 0 Å². The monoisotopic (exact) mass is 369 g/mol. The second kappa shape index (κ2) is 8.48. The fourth-order valence-corrected chi connectivity index (χ4v) is 2.94. The molecule has 0 atom stereocenters. The number of aryl methyl sites for hydroxylation is 1. The normalized spacial score (nSPS) is 10.4. The van der Waals surface area contributed by atoms with Crippen molar-refractivity contribution < 1.29 is 9.53 Å². The lowest BCUT2D eigenvalue weighted by molar-refractivity contribution is 0.0947. The maximum Gasteiger partial charge on any atom is 0.252 e. The number of halogens is 2. The fourth-order valence-electron chi connectivity index (χ4n) is 2.02. The van der Waals surface area contributed by atoms with E-state index >= 15 is 0 Å². The van der Waals surface area contributed by atoms with E-state index in [0.29, 0.717) is 34.5 Å². The smallest absolute Gasteiger partial charge is 0.252 e. The van der Waals surface area contributed by atoms with Gasteiger partial charge in [0, 0.05) is 4.90 Å². The highest BCUT2D eigenvalue weighted by atomic mass is 35.5. The molecule has 1 amide bonds. The van der Waals surface area contributed by atoms with Gasteiger partial charge in [-0.1, -0.05) is 35.3 Å². The molecule has 0 aromatic heterocycles. The number of benzene rings is 2. The minimum atomic E-state index is -0.217. The molecule has 0 heterocycles. The van der Waals surface area contributed by atoms with Gasteiger partial charge in [-0.2, -0.15) is 0 Å². The summed E-state index contributed by atoms with van der Waals surface area (Å²) in [4.78, 5) is 13.2. The molecule has 1 N–H and O–H groups in total. The van der Waals surface area contributed by atoms with Crippen molar-refractivity contribution >= 4 is 40.9 Å². The van der Waals surface area contributed by atoms with Crippen LogP contribution in [0.4, 0.5) is 0 Å². The van der Waals surface area contributed by atoms with Crippen molar-refractivity contribution in [1.82, 2.24) is 5.32 Å². The number of amides is 1. The average molecular weight is 370 g/mol. The van der Waals surface area contributed by atoms with E-state index in [1.807, 2.05) is 31.4 Å². The summed E-state index contributed by atoms with van der Waals surface area (Å²) in [7, 11) is 0. The summed E-state index contributed by atoms with van der Waals surface area (Å²) in [6.07, 6.45) is 1.95. The highest BCUT2D eigenvalue weighted by Crippen LogP contribution is 2.27. The molecule has 0 aliphatic rings. The first-order valence-electron chi connectivity index (χ1n) is 7.02. The second-order valence-corrected chi connectivity index (χ2v) is 6.53. The molecule has 3 nitrogen and oxygen atoms in total. The maximum absolute atomic E-state index is 12.2. The molecule has 0 saturated carbocycles. The van der Waals surface area contributed by atoms with Crippen molar-refractivity contribution in [3.05, 3.63) is 57.6 Å². The first kappa shape index (κ1) is 18.0. The summed E-state index contributed by atoms with van der Waals surface area (Å²) in [6, 6.07) is 11.0. The van der Waals surface area contributed by atoms with Gasteiger partial charge in [-0.25, -0.2) is 0 Å². The molecule has 6 heteroatoms. The van der Waals surface area contributed by atoms with Gasteiger partial charge in [0.25, 0.3) is 5.91 Å². The lowest BCUT2D eigenvalue weighted by Gasteiger charge is -2.12. The number of hydrogen-bond acceptors (Lipinski definition) is 3. The average Bonchev–Trinajstić information content (AvgIpc) is 2.54. The zero-order valence-corrected chi connectivity index (χ0v) is 15.2. The van der Waals surface area contributed by atoms with E-state index in [-0.39, 0.29) is 5.91 Å². The third-order valence-electron chi connectivity index (χ3n) is 3.22. The van der Waals surface area contributed by atoms with E-state index < -0.39 is 0 Å². The highest BCUT2D eigenvalue weighted by Gasteiger charge is 2.11. The van der Waals surface area contributed by atoms with Gasteiger partial charge in [0.2, 0.25) is 0 Å². The first-order chi connectivity index (χ1) is 11.0. The van der Waals surface area contributed by atoms with Crippen molar-refractivity contribution in [2.75, 3.05) is 19.4 Å². The number of para-hydroxylation sites is 1. The van der Waals surface area contributed by atoms with Crippen LogP contribution < -0.4 is 10.1 Å². The van der Waals surface area contributed by atoms with Crippen LogP contribution in [-0.2, 0) is 0 Å². The maximum atomic E-state index is 12.2. The summed E-state index contributed by atoms with van der Waals surface area (Å²) in [5.41, 5.74) is 1.42.